The molecule has 8 nitrogen and oxygen atoms in total. The fraction of sp³-hybridized carbons (Fsp3) is 0.471. The number of rotatable bonds is 1. The summed E-state index contributed by atoms with van der Waals surface area (Å²) in [6, 6.07) is 3.64. The summed E-state index contributed by atoms with van der Waals surface area (Å²) < 4.78 is 0. The summed E-state index contributed by atoms with van der Waals surface area (Å²) in [6.07, 6.45) is 2.70. The maximum absolute atomic E-state index is 12.6. The minimum absolute atomic E-state index is 0.110. The molecule has 0 radical (unpaired) electrons. The molecule has 2 aromatic heterocycles. The van der Waals surface area contributed by atoms with Crippen molar-refractivity contribution in [3.05, 3.63) is 24.2 Å². The molecular formula is C17H20N6O2. The summed E-state index contributed by atoms with van der Waals surface area (Å²) in [5.74, 6) is 0.678. The molecule has 0 N–H and O–H groups in total. The van der Waals surface area contributed by atoms with E-state index in [0.29, 0.717) is 25.9 Å². The van der Waals surface area contributed by atoms with Crippen LogP contribution in [-0.2, 0) is 4.79 Å². The predicted molar refractivity (Wildman–Crippen MR) is 92.2 cm³/mol. The Labute approximate surface area is 145 Å². The largest absolute Gasteiger partial charge is 0.354 e. The van der Waals surface area contributed by atoms with Crippen LogP contribution in [0.5, 0.6) is 0 Å². The molecule has 4 heterocycles. The van der Waals surface area contributed by atoms with Gasteiger partial charge in [-0.1, -0.05) is 0 Å². The number of fused-ring (bicyclic) bond motifs is 1. The number of aryl methyl sites for hydroxylation is 1. The van der Waals surface area contributed by atoms with E-state index in [1.807, 2.05) is 19.1 Å². The SMILES string of the molecule is Cc1ccc2ncnc(N3CCC4(CC3)C(=O)N(C)C(=O)N4C)c2n1. The van der Waals surface area contributed by atoms with Gasteiger partial charge >= 0.3 is 6.03 Å². The standard InChI is InChI=1S/C17H20N6O2/c1-11-4-5-12-13(20-11)14(19-10-18-12)23-8-6-17(7-9-23)15(24)21(2)16(25)22(17)3/h4-5,10H,6-9H2,1-3H3. The van der Waals surface area contributed by atoms with Gasteiger partial charge in [0.05, 0.1) is 5.52 Å². The number of hydrogen-bond donors (Lipinski definition) is 0. The lowest BCUT2D eigenvalue weighted by Crippen LogP contribution is -2.55. The minimum atomic E-state index is -0.728. The molecule has 2 aromatic rings. The van der Waals surface area contributed by atoms with E-state index in [4.69, 9.17) is 0 Å². The minimum Gasteiger partial charge on any atom is -0.354 e. The summed E-state index contributed by atoms with van der Waals surface area (Å²) in [5, 5.41) is 0. The number of likely N-dealkylation sites (N-methyl/N-ethyl adjacent to an activating group) is 2. The number of carbonyl (C=O) groups is 2. The Morgan fingerprint density at radius 3 is 2.44 bits per heavy atom. The Bertz CT molecular complexity index is 875. The van der Waals surface area contributed by atoms with Crippen molar-refractivity contribution >= 4 is 28.8 Å². The van der Waals surface area contributed by atoms with Crippen LogP contribution in [0.3, 0.4) is 0 Å². The Balaban J connectivity index is 1.64. The number of hydrogen-bond acceptors (Lipinski definition) is 6. The highest BCUT2D eigenvalue weighted by atomic mass is 16.2. The van der Waals surface area contributed by atoms with Gasteiger partial charge in [0.1, 0.15) is 17.4 Å². The first-order valence-corrected chi connectivity index (χ1v) is 8.33. The van der Waals surface area contributed by atoms with Crippen LogP contribution in [0.15, 0.2) is 18.5 Å². The van der Waals surface area contributed by atoms with Crippen LogP contribution in [-0.4, -0.2) is 69.4 Å². The van der Waals surface area contributed by atoms with Crippen molar-refractivity contribution in [2.24, 2.45) is 0 Å². The number of urea groups is 1. The van der Waals surface area contributed by atoms with Gasteiger partial charge in [0, 0.05) is 32.9 Å². The first-order valence-electron chi connectivity index (χ1n) is 8.33. The van der Waals surface area contributed by atoms with Gasteiger partial charge in [-0.25, -0.2) is 19.7 Å². The van der Waals surface area contributed by atoms with Crippen molar-refractivity contribution in [3.63, 3.8) is 0 Å². The van der Waals surface area contributed by atoms with Gasteiger partial charge in [0.15, 0.2) is 5.82 Å². The lowest BCUT2D eigenvalue weighted by atomic mass is 9.86. The van der Waals surface area contributed by atoms with Crippen molar-refractivity contribution in [2.75, 3.05) is 32.1 Å². The van der Waals surface area contributed by atoms with E-state index in [0.717, 1.165) is 22.5 Å². The van der Waals surface area contributed by atoms with Crippen molar-refractivity contribution in [3.8, 4) is 0 Å². The van der Waals surface area contributed by atoms with Crippen LogP contribution in [0.2, 0.25) is 0 Å². The molecule has 2 aliphatic heterocycles. The predicted octanol–water partition coefficient (Wildman–Crippen LogP) is 1.20. The van der Waals surface area contributed by atoms with Crippen LogP contribution in [0.25, 0.3) is 11.0 Å². The second kappa shape index (κ2) is 5.37. The number of carbonyl (C=O) groups excluding carboxylic acids is 2. The molecule has 0 unspecified atom stereocenters. The van der Waals surface area contributed by atoms with Crippen molar-refractivity contribution < 1.29 is 9.59 Å². The van der Waals surface area contributed by atoms with Gasteiger partial charge < -0.3 is 9.80 Å². The molecule has 2 fully saturated rings. The zero-order valence-electron chi connectivity index (χ0n) is 14.6. The summed E-state index contributed by atoms with van der Waals surface area (Å²) >= 11 is 0. The smallest absolute Gasteiger partial charge is 0.327 e. The molecule has 0 aromatic carbocycles. The molecule has 2 aliphatic rings. The highest BCUT2D eigenvalue weighted by Gasteiger charge is 2.55. The van der Waals surface area contributed by atoms with E-state index in [-0.39, 0.29) is 11.9 Å². The van der Waals surface area contributed by atoms with E-state index in [1.54, 1.807) is 25.3 Å². The molecule has 130 valence electrons. The molecule has 0 atom stereocenters. The molecule has 4 rings (SSSR count). The second-order valence-corrected chi connectivity index (χ2v) is 6.74. The topological polar surface area (TPSA) is 82.5 Å². The van der Waals surface area contributed by atoms with Crippen LogP contribution in [0.1, 0.15) is 18.5 Å². The molecule has 1 spiro atoms. The highest BCUT2D eigenvalue weighted by molar-refractivity contribution is 6.06. The molecule has 0 saturated carbocycles. The first kappa shape index (κ1) is 15.7. The number of imide groups is 1. The third-order valence-corrected chi connectivity index (χ3v) is 5.41. The number of anilines is 1. The lowest BCUT2D eigenvalue weighted by Gasteiger charge is -2.41. The quantitative estimate of drug-likeness (QED) is 0.726. The number of amides is 3. The number of aromatic nitrogens is 3. The van der Waals surface area contributed by atoms with Crippen LogP contribution in [0.4, 0.5) is 10.6 Å². The summed E-state index contributed by atoms with van der Waals surface area (Å²) in [4.78, 5) is 43.0. The second-order valence-electron chi connectivity index (χ2n) is 6.74. The normalized spacial score (nSPS) is 20.2. The Kier molecular flexibility index (Phi) is 3.38. The third kappa shape index (κ3) is 2.16. The van der Waals surface area contributed by atoms with Gasteiger partial charge in [0.25, 0.3) is 5.91 Å². The summed E-state index contributed by atoms with van der Waals surface area (Å²) in [6.45, 7) is 3.22. The average Bonchev–Trinajstić information content (AvgIpc) is 2.78. The number of nitrogens with zero attached hydrogens (tertiary/aromatic N) is 6. The van der Waals surface area contributed by atoms with Crippen LogP contribution >= 0.6 is 0 Å². The van der Waals surface area contributed by atoms with Crippen LogP contribution < -0.4 is 4.90 Å². The zero-order chi connectivity index (χ0) is 17.8. The Hall–Kier alpha value is -2.77. The molecular weight excluding hydrogens is 320 g/mol. The molecule has 2 saturated heterocycles. The molecule has 3 amide bonds. The highest BCUT2D eigenvalue weighted by Crippen LogP contribution is 2.37. The first-order chi connectivity index (χ1) is 11.9. The zero-order valence-corrected chi connectivity index (χ0v) is 14.6. The van der Waals surface area contributed by atoms with E-state index < -0.39 is 5.54 Å². The van der Waals surface area contributed by atoms with E-state index in [1.165, 1.54) is 4.90 Å². The maximum atomic E-state index is 12.6. The van der Waals surface area contributed by atoms with Gasteiger partial charge in [-0.3, -0.25) is 9.69 Å². The molecule has 0 bridgehead atoms. The van der Waals surface area contributed by atoms with Gasteiger partial charge in [-0.15, -0.1) is 0 Å². The summed E-state index contributed by atoms with van der Waals surface area (Å²) in [7, 11) is 3.26. The van der Waals surface area contributed by atoms with Crippen molar-refractivity contribution in [2.45, 2.75) is 25.3 Å². The van der Waals surface area contributed by atoms with Crippen molar-refractivity contribution in [1.29, 1.82) is 0 Å². The van der Waals surface area contributed by atoms with Gasteiger partial charge in [-0.05, 0) is 31.9 Å². The molecule has 0 aliphatic carbocycles. The van der Waals surface area contributed by atoms with Gasteiger partial charge in [-0.2, -0.15) is 0 Å². The molecule has 8 heteroatoms. The van der Waals surface area contributed by atoms with Crippen molar-refractivity contribution in [1.82, 2.24) is 24.8 Å². The fourth-order valence-electron chi connectivity index (χ4n) is 3.84. The maximum Gasteiger partial charge on any atom is 0.327 e. The lowest BCUT2D eigenvalue weighted by molar-refractivity contribution is -0.133. The Morgan fingerprint density at radius 1 is 1.08 bits per heavy atom. The van der Waals surface area contributed by atoms with E-state index in [9.17, 15) is 9.59 Å². The monoisotopic (exact) mass is 340 g/mol. The Morgan fingerprint density at radius 2 is 1.80 bits per heavy atom. The third-order valence-electron chi connectivity index (χ3n) is 5.41. The number of pyridine rings is 1. The fourth-order valence-corrected chi connectivity index (χ4v) is 3.84. The van der Waals surface area contributed by atoms with E-state index in [2.05, 4.69) is 19.9 Å². The molecule has 25 heavy (non-hydrogen) atoms. The summed E-state index contributed by atoms with van der Waals surface area (Å²) in [5.41, 5.74) is 1.77. The van der Waals surface area contributed by atoms with Crippen LogP contribution in [0, 0.1) is 6.92 Å². The number of piperidine rings is 1. The van der Waals surface area contributed by atoms with E-state index >= 15 is 0 Å². The average molecular weight is 340 g/mol. The van der Waals surface area contributed by atoms with Gasteiger partial charge in [0.2, 0.25) is 0 Å².